The fourth-order valence-electron chi connectivity index (χ4n) is 2.24. The van der Waals surface area contributed by atoms with E-state index in [4.69, 9.17) is 4.42 Å². The number of unbranched alkanes of at least 4 members (excludes halogenated alkanes) is 1. The summed E-state index contributed by atoms with van der Waals surface area (Å²) in [5.41, 5.74) is 1.03. The molecule has 0 fully saturated rings. The maximum Gasteiger partial charge on any atom is 0.144 e. The SMILES string of the molecule is CCCCc1ccc(-c2ccc(-c3ccc(F)cc3)s2)o1. The van der Waals surface area contributed by atoms with Gasteiger partial charge < -0.3 is 4.42 Å². The molecule has 0 saturated carbocycles. The Kier molecular flexibility index (Phi) is 4.20. The quantitative estimate of drug-likeness (QED) is 0.550. The third-order valence-corrected chi connectivity index (χ3v) is 4.56. The van der Waals surface area contributed by atoms with Crippen LogP contribution in [0.15, 0.2) is 52.9 Å². The van der Waals surface area contributed by atoms with E-state index in [0.29, 0.717) is 0 Å². The zero-order valence-electron chi connectivity index (χ0n) is 11.9. The van der Waals surface area contributed by atoms with E-state index in [2.05, 4.69) is 25.1 Å². The number of hydrogen-bond donors (Lipinski definition) is 0. The summed E-state index contributed by atoms with van der Waals surface area (Å²) in [7, 11) is 0. The Balaban J connectivity index is 1.81. The fourth-order valence-corrected chi connectivity index (χ4v) is 3.21. The molecule has 0 atom stereocenters. The molecule has 1 nitrogen and oxygen atoms in total. The van der Waals surface area contributed by atoms with E-state index < -0.39 is 0 Å². The molecule has 108 valence electrons. The van der Waals surface area contributed by atoms with Crippen molar-refractivity contribution in [3.63, 3.8) is 0 Å². The second kappa shape index (κ2) is 6.27. The topological polar surface area (TPSA) is 13.1 Å². The molecule has 21 heavy (non-hydrogen) atoms. The van der Waals surface area contributed by atoms with Gasteiger partial charge in [-0.05, 0) is 48.4 Å². The molecular weight excluding hydrogens is 283 g/mol. The standard InChI is InChI=1S/C18H17FOS/c1-2-3-4-15-9-10-16(20-15)18-12-11-17(21-18)13-5-7-14(19)8-6-13/h5-12H,2-4H2,1H3. The molecule has 0 spiro atoms. The Hall–Kier alpha value is -1.87. The molecule has 0 N–H and O–H groups in total. The summed E-state index contributed by atoms with van der Waals surface area (Å²) in [5, 5.41) is 0. The van der Waals surface area contributed by atoms with Gasteiger partial charge in [-0.15, -0.1) is 11.3 Å². The molecule has 3 rings (SSSR count). The Bertz CT molecular complexity index is 709. The highest BCUT2D eigenvalue weighted by Crippen LogP contribution is 2.35. The molecule has 0 radical (unpaired) electrons. The van der Waals surface area contributed by atoms with Crippen LogP contribution in [0.1, 0.15) is 25.5 Å². The molecule has 2 aromatic heterocycles. The van der Waals surface area contributed by atoms with Crippen LogP contribution in [0.2, 0.25) is 0 Å². The van der Waals surface area contributed by atoms with E-state index in [-0.39, 0.29) is 5.82 Å². The van der Waals surface area contributed by atoms with Crippen LogP contribution in [0.3, 0.4) is 0 Å². The van der Waals surface area contributed by atoms with E-state index in [0.717, 1.165) is 39.7 Å². The highest BCUT2D eigenvalue weighted by Gasteiger charge is 2.09. The van der Waals surface area contributed by atoms with Gasteiger partial charge in [-0.3, -0.25) is 0 Å². The van der Waals surface area contributed by atoms with Crippen molar-refractivity contribution in [2.24, 2.45) is 0 Å². The number of halogens is 1. The molecule has 0 bridgehead atoms. The highest BCUT2D eigenvalue weighted by atomic mass is 32.1. The number of aryl methyl sites for hydroxylation is 1. The maximum absolute atomic E-state index is 13.0. The van der Waals surface area contributed by atoms with Crippen molar-refractivity contribution in [3.8, 4) is 21.1 Å². The van der Waals surface area contributed by atoms with Gasteiger partial charge in [0.15, 0.2) is 0 Å². The van der Waals surface area contributed by atoms with Crippen molar-refractivity contribution >= 4 is 11.3 Å². The van der Waals surface area contributed by atoms with E-state index in [1.54, 1.807) is 23.5 Å². The third kappa shape index (κ3) is 3.24. The first-order valence-electron chi connectivity index (χ1n) is 7.21. The van der Waals surface area contributed by atoms with E-state index in [9.17, 15) is 4.39 Å². The van der Waals surface area contributed by atoms with Crippen molar-refractivity contribution in [2.75, 3.05) is 0 Å². The lowest BCUT2D eigenvalue weighted by molar-refractivity contribution is 0.513. The molecule has 2 heterocycles. The van der Waals surface area contributed by atoms with Crippen LogP contribution in [0.4, 0.5) is 4.39 Å². The predicted octanol–water partition coefficient (Wildman–Crippen LogP) is 6.16. The van der Waals surface area contributed by atoms with Gasteiger partial charge in [-0.1, -0.05) is 25.5 Å². The Morgan fingerprint density at radius 2 is 1.71 bits per heavy atom. The van der Waals surface area contributed by atoms with Crippen molar-refractivity contribution in [1.82, 2.24) is 0 Å². The first-order valence-corrected chi connectivity index (χ1v) is 8.03. The maximum atomic E-state index is 13.0. The molecule has 0 amide bonds. The van der Waals surface area contributed by atoms with Gasteiger partial charge in [0.1, 0.15) is 17.3 Å². The van der Waals surface area contributed by atoms with Gasteiger partial charge in [0.25, 0.3) is 0 Å². The van der Waals surface area contributed by atoms with Crippen molar-refractivity contribution in [2.45, 2.75) is 26.2 Å². The summed E-state index contributed by atoms with van der Waals surface area (Å²) >= 11 is 1.67. The van der Waals surface area contributed by atoms with Crippen LogP contribution >= 0.6 is 11.3 Å². The van der Waals surface area contributed by atoms with Crippen LogP contribution in [0.25, 0.3) is 21.1 Å². The van der Waals surface area contributed by atoms with Gasteiger partial charge >= 0.3 is 0 Å². The lowest BCUT2D eigenvalue weighted by Gasteiger charge is -1.96. The van der Waals surface area contributed by atoms with E-state index in [1.165, 1.54) is 18.6 Å². The van der Waals surface area contributed by atoms with Crippen LogP contribution in [0, 0.1) is 5.82 Å². The molecule has 3 heteroatoms. The first-order chi connectivity index (χ1) is 10.3. The zero-order valence-corrected chi connectivity index (χ0v) is 12.8. The van der Waals surface area contributed by atoms with Gasteiger partial charge in [0.05, 0.1) is 4.88 Å². The Morgan fingerprint density at radius 3 is 2.48 bits per heavy atom. The fraction of sp³-hybridized carbons (Fsp3) is 0.222. The third-order valence-electron chi connectivity index (χ3n) is 3.42. The summed E-state index contributed by atoms with van der Waals surface area (Å²) < 4.78 is 18.9. The molecule has 0 aliphatic carbocycles. The second-order valence-corrected chi connectivity index (χ2v) is 6.12. The number of hydrogen-bond acceptors (Lipinski definition) is 2. The summed E-state index contributed by atoms with van der Waals surface area (Å²) in [5.74, 6) is 1.75. The molecule has 0 aliphatic heterocycles. The Morgan fingerprint density at radius 1 is 0.952 bits per heavy atom. The summed E-state index contributed by atoms with van der Waals surface area (Å²) in [6.07, 6.45) is 3.31. The summed E-state index contributed by atoms with van der Waals surface area (Å²) in [6, 6.07) is 14.8. The van der Waals surface area contributed by atoms with Gasteiger partial charge in [-0.2, -0.15) is 0 Å². The molecule has 0 unspecified atom stereocenters. The van der Waals surface area contributed by atoms with E-state index in [1.807, 2.05) is 6.07 Å². The average molecular weight is 300 g/mol. The molecule has 0 aliphatic rings. The minimum atomic E-state index is -0.206. The number of thiophene rings is 1. The smallest absolute Gasteiger partial charge is 0.144 e. The van der Waals surface area contributed by atoms with Crippen LogP contribution in [0.5, 0.6) is 0 Å². The van der Waals surface area contributed by atoms with Crippen molar-refractivity contribution < 1.29 is 8.81 Å². The van der Waals surface area contributed by atoms with Gasteiger partial charge in [-0.25, -0.2) is 4.39 Å². The molecule has 3 aromatic rings. The average Bonchev–Trinajstić information content (AvgIpc) is 3.15. The minimum absolute atomic E-state index is 0.206. The van der Waals surface area contributed by atoms with Crippen LogP contribution in [-0.2, 0) is 6.42 Å². The largest absolute Gasteiger partial charge is 0.460 e. The zero-order chi connectivity index (χ0) is 14.7. The second-order valence-electron chi connectivity index (χ2n) is 5.04. The number of rotatable bonds is 5. The summed E-state index contributed by atoms with van der Waals surface area (Å²) in [4.78, 5) is 2.23. The van der Waals surface area contributed by atoms with Gasteiger partial charge in [0.2, 0.25) is 0 Å². The van der Waals surface area contributed by atoms with Crippen molar-refractivity contribution in [1.29, 1.82) is 0 Å². The lowest BCUT2D eigenvalue weighted by atomic mass is 10.2. The van der Waals surface area contributed by atoms with Crippen molar-refractivity contribution in [3.05, 3.63) is 60.1 Å². The molecule has 0 saturated heterocycles. The normalized spacial score (nSPS) is 11.0. The molecular formula is C18H17FOS. The van der Waals surface area contributed by atoms with Crippen LogP contribution in [-0.4, -0.2) is 0 Å². The number of benzene rings is 1. The summed E-state index contributed by atoms with van der Waals surface area (Å²) in [6.45, 7) is 2.18. The van der Waals surface area contributed by atoms with E-state index >= 15 is 0 Å². The first kappa shape index (κ1) is 14.1. The Labute approximate surface area is 128 Å². The monoisotopic (exact) mass is 300 g/mol. The van der Waals surface area contributed by atoms with Crippen LogP contribution < -0.4 is 0 Å². The predicted molar refractivity (Wildman–Crippen MR) is 86.0 cm³/mol. The minimum Gasteiger partial charge on any atom is -0.460 e. The number of furan rings is 1. The lowest BCUT2D eigenvalue weighted by Crippen LogP contribution is -1.78. The highest BCUT2D eigenvalue weighted by molar-refractivity contribution is 7.18. The van der Waals surface area contributed by atoms with Gasteiger partial charge in [0, 0.05) is 11.3 Å². The molecule has 1 aromatic carbocycles.